The summed E-state index contributed by atoms with van der Waals surface area (Å²) in [5.74, 6) is 3.43. The van der Waals surface area contributed by atoms with Crippen molar-refractivity contribution in [1.29, 1.82) is 0 Å². The molecule has 0 atom stereocenters. The molecule has 118 valence electrons. The summed E-state index contributed by atoms with van der Waals surface area (Å²) in [5.41, 5.74) is 2.07. The van der Waals surface area contributed by atoms with Gasteiger partial charge < -0.3 is 13.9 Å². The highest BCUT2D eigenvalue weighted by atomic mass is 16.5. The van der Waals surface area contributed by atoms with Gasteiger partial charge in [-0.05, 0) is 74.5 Å². The molecule has 2 aromatic carbocycles. The van der Waals surface area contributed by atoms with Gasteiger partial charge in [-0.3, -0.25) is 0 Å². The molecule has 3 aromatic rings. The lowest BCUT2D eigenvalue weighted by molar-refractivity contribution is 0.340. The molecule has 0 aliphatic carbocycles. The van der Waals surface area contributed by atoms with Crippen molar-refractivity contribution in [3.63, 3.8) is 0 Å². The minimum Gasteiger partial charge on any atom is -0.494 e. The molecule has 0 N–H and O–H groups in total. The molecule has 0 fully saturated rings. The van der Waals surface area contributed by atoms with E-state index in [9.17, 15) is 0 Å². The third-order valence-corrected chi connectivity index (χ3v) is 3.51. The maximum absolute atomic E-state index is 5.97. The molecule has 0 aliphatic rings. The van der Waals surface area contributed by atoms with E-state index in [4.69, 9.17) is 13.9 Å². The van der Waals surface area contributed by atoms with E-state index in [0.29, 0.717) is 13.2 Å². The van der Waals surface area contributed by atoms with Crippen LogP contribution in [0.4, 0.5) is 0 Å². The van der Waals surface area contributed by atoms with Gasteiger partial charge in [0.2, 0.25) is 0 Å². The van der Waals surface area contributed by atoms with Crippen LogP contribution in [0.2, 0.25) is 0 Å². The van der Waals surface area contributed by atoms with Gasteiger partial charge in [-0.15, -0.1) is 0 Å². The minimum absolute atomic E-state index is 0.669. The molecule has 23 heavy (non-hydrogen) atoms. The summed E-state index contributed by atoms with van der Waals surface area (Å²) in [6, 6.07) is 19.8. The molecule has 0 spiro atoms. The normalized spacial score (nSPS) is 10.5. The summed E-state index contributed by atoms with van der Waals surface area (Å²) in [4.78, 5) is 0. The first-order valence-corrected chi connectivity index (χ1v) is 7.86. The third kappa shape index (κ3) is 3.57. The highest BCUT2D eigenvalue weighted by molar-refractivity contribution is 5.65. The highest BCUT2D eigenvalue weighted by Crippen LogP contribution is 2.30. The van der Waals surface area contributed by atoms with Gasteiger partial charge in [-0.1, -0.05) is 0 Å². The zero-order chi connectivity index (χ0) is 16.1. The van der Waals surface area contributed by atoms with Gasteiger partial charge in [0.1, 0.15) is 23.0 Å². The van der Waals surface area contributed by atoms with E-state index >= 15 is 0 Å². The fraction of sp³-hybridized carbons (Fsp3) is 0.200. The zero-order valence-corrected chi connectivity index (χ0v) is 13.4. The van der Waals surface area contributed by atoms with E-state index in [-0.39, 0.29) is 0 Å². The Labute approximate surface area is 136 Å². The molecule has 3 heteroatoms. The average molecular weight is 308 g/mol. The van der Waals surface area contributed by atoms with Crippen LogP contribution in [0.15, 0.2) is 65.1 Å². The number of hydrogen-bond acceptors (Lipinski definition) is 3. The van der Waals surface area contributed by atoms with Crippen LogP contribution >= 0.6 is 0 Å². The average Bonchev–Trinajstić information content (AvgIpc) is 3.07. The maximum Gasteiger partial charge on any atom is 0.134 e. The predicted molar refractivity (Wildman–Crippen MR) is 91.9 cm³/mol. The smallest absolute Gasteiger partial charge is 0.134 e. The summed E-state index contributed by atoms with van der Waals surface area (Å²) in [6.45, 7) is 5.29. The number of hydrogen-bond donors (Lipinski definition) is 0. The summed E-state index contributed by atoms with van der Waals surface area (Å²) in [5, 5.41) is 0. The molecule has 1 heterocycles. The first-order chi connectivity index (χ1) is 11.3. The van der Waals surface area contributed by atoms with Crippen molar-refractivity contribution in [3.05, 3.63) is 60.7 Å². The molecular weight excluding hydrogens is 288 g/mol. The van der Waals surface area contributed by atoms with Crippen LogP contribution in [-0.2, 0) is 0 Å². The zero-order valence-electron chi connectivity index (χ0n) is 13.4. The van der Waals surface area contributed by atoms with Gasteiger partial charge in [0, 0.05) is 11.1 Å². The Balaban J connectivity index is 1.79. The van der Waals surface area contributed by atoms with Crippen molar-refractivity contribution in [2.45, 2.75) is 13.8 Å². The largest absolute Gasteiger partial charge is 0.494 e. The Morgan fingerprint density at radius 2 is 1.00 bits per heavy atom. The van der Waals surface area contributed by atoms with Crippen molar-refractivity contribution in [1.82, 2.24) is 0 Å². The summed E-state index contributed by atoms with van der Waals surface area (Å²) in [6.07, 6.45) is 0. The second kappa shape index (κ2) is 7.05. The summed E-state index contributed by atoms with van der Waals surface area (Å²) < 4.78 is 16.9. The summed E-state index contributed by atoms with van der Waals surface area (Å²) >= 11 is 0. The standard InChI is InChI=1S/C20H20O3/c1-3-21-17-9-5-15(6-10-17)19-13-14-20(23-19)16-7-11-18(12-8-16)22-4-2/h5-14H,3-4H2,1-2H3. The highest BCUT2D eigenvalue weighted by Gasteiger charge is 2.07. The number of ether oxygens (including phenoxy) is 2. The first kappa shape index (κ1) is 15.2. The quantitative estimate of drug-likeness (QED) is 0.610. The van der Waals surface area contributed by atoms with E-state index in [1.165, 1.54) is 0 Å². The molecule has 0 amide bonds. The van der Waals surface area contributed by atoms with Crippen molar-refractivity contribution in [2.75, 3.05) is 13.2 Å². The number of benzene rings is 2. The molecule has 1 aromatic heterocycles. The Kier molecular flexibility index (Phi) is 4.67. The Hall–Kier alpha value is -2.68. The molecular formula is C20H20O3. The van der Waals surface area contributed by atoms with E-state index in [0.717, 1.165) is 34.1 Å². The van der Waals surface area contributed by atoms with Crippen LogP contribution in [0.25, 0.3) is 22.6 Å². The van der Waals surface area contributed by atoms with Gasteiger partial charge in [0.25, 0.3) is 0 Å². The van der Waals surface area contributed by atoms with E-state index < -0.39 is 0 Å². The fourth-order valence-corrected chi connectivity index (χ4v) is 2.41. The van der Waals surface area contributed by atoms with Crippen LogP contribution in [0, 0.1) is 0 Å². The number of furan rings is 1. The lowest BCUT2D eigenvalue weighted by Crippen LogP contribution is -1.90. The van der Waals surface area contributed by atoms with Gasteiger partial charge in [-0.2, -0.15) is 0 Å². The Bertz CT molecular complexity index is 675. The monoisotopic (exact) mass is 308 g/mol. The molecule has 0 radical (unpaired) electrons. The molecule has 0 unspecified atom stereocenters. The van der Waals surface area contributed by atoms with Crippen LogP contribution in [-0.4, -0.2) is 13.2 Å². The molecule has 3 nitrogen and oxygen atoms in total. The second-order valence-corrected chi connectivity index (χ2v) is 5.08. The molecule has 0 saturated carbocycles. The van der Waals surface area contributed by atoms with E-state index in [2.05, 4.69) is 0 Å². The van der Waals surface area contributed by atoms with Crippen molar-refractivity contribution >= 4 is 0 Å². The lowest BCUT2D eigenvalue weighted by Gasteiger charge is -2.04. The van der Waals surface area contributed by atoms with Crippen molar-refractivity contribution in [3.8, 4) is 34.1 Å². The fourth-order valence-electron chi connectivity index (χ4n) is 2.41. The second-order valence-electron chi connectivity index (χ2n) is 5.08. The molecule has 0 saturated heterocycles. The number of rotatable bonds is 6. The van der Waals surface area contributed by atoms with Crippen LogP contribution in [0.3, 0.4) is 0 Å². The third-order valence-electron chi connectivity index (χ3n) is 3.51. The Morgan fingerprint density at radius 1 is 0.609 bits per heavy atom. The molecule has 3 rings (SSSR count). The topological polar surface area (TPSA) is 31.6 Å². The van der Waals surface area contributed by atoms with Crippen molar-refractivity contribution in [2.24, 2.45) is 0 Å². The van der Waals surface area contributed by atoms with Crippen LogP contribution in [0.5, 0.6) is 11.5 Å². The van der Waals surface area contributed by atoms with Gasteiger partial charge in [0.05, 0.1) is 13.2 Å². The maximum atomic E-state index is 5.97. The van der Waals surface area contributed by atoms with Crippen molar-refractivity contribution < 1.29 is 13.9 Å². The van der Waals surface area contributed by atoms with Gasteiger partial charge >= 0.3 is 0 Å². The SMILES string of the molecule is CCOc1ccc(-c2ccc(-c3ccc(OCC)cc3)o2)cc1. The van der Waals surface area contributed by atoms with E-state index in [1.54, 1.807) is 0 Å². The first-order valence-electron chi connectivity index (χ1n) is 7.86. The Morgan fingerprint density at radius 3 is 1.35 bits per heavy atom. The predicted octanol–water partition coefficient (Wildman–Crippen LogP) is 5.41. The van der Waals surface area contributed by atoms with Gasteiger partial charge in [-0.25, -0.2) is 0 Å². The molecule has 0 bridgehead atoms. The molecule has 0 aliphatic heterocycles. The van der Waals surface area contributed by atoms with Crippen LogP contribution in [0.1, 0.15) is 13.8 Å². The minimum atomic E-state index is 0.669. The van der Waals surface area contributed by atoms with Gasteiger partial charge in [0.15, 0.2) is 0 Å². The summed E-state index contributed by atoms with van der Waals surface area (Å²) in [7, 11) is 0. The van der Waals surface area contributed by atoms with E-state index in [1.807, 2.05) is 74.5 Å². The lowest BCUT2D eigenvalue weighted by atomic mass is 10.1. The van der Waals surface area contributed by atoms with Crippen LogP contribution < -0.4 is 9.47 Å².